The standard InChI is InChI=1S/C31H32N2O6/c34-29(35)14-15-33(18-21-8-2-1-3-9-21)30(36)22-16-23(38-19-22)17-32-31(37)39-20-28-26-12-6-4-10-24(26)25-11-5-7-13-27(25)28/h1-13,22-23,28H,14-20H2,(H,32,37)(H,34,35)/t22-,23-/m0/s1. The van der Waals surface area contributed by atoms with E-state index in [1.165, 1.54) is 11.1 Å². The van der Waals surface area contributed by atoms with Crippen LogP contribution >= 0.6 is 0 Å². The number of rotatable bonds is 10. The summed E-state index contributed by atoms with van der Waals surface area (Å²) in [7, 11) is 0. The van der Waals surface area contributed by atoms with Gasteiger partial charge < -0.3 is 24.8 Å². The van der Waals surface area contributed by atoms with Crippen LogP contribution in [0.1, 0.15) is 35.4 Å². The Hall–Kier alpha value is -4.17. The fourth-order valence-corrected chi connectivity index (χ4v) is 5.43. The van der Waals surface area contributed by atoms with Crippen molar-refractivity contribution < 1.29 is 29.0 Å². The van der Waals surface area contributed by atoms with Crippen LogP contribution in [-0.4, -0.2) is 60.4 Å². The van der Waals surface area contributed by atoms with E-state index >= 15 is 0 Å². The normalized spacial score (nSPS) is 17.7. The number of carbonyl (C=O) groups is 3. The minimum Gasteiger partial charge on any atom is -0.481 e. The number of carbonyl (C=O) groups excluding carboxylic acids is 2. The number of hydrogen-bond donors (Lipinski definition) is 2. The van der Waals surface area contributed by atoms with Crippen molar-refractivity contribution in [1.82, 2.24) is 10.2 Å². The molecule has 1 heterocycles. The molecule has 5 rings (SSSR count). The quantitative estimate of drug-likeness (QED) is 0.403. The predicted octanol–water partition coefficient (Wildman–Crippen LogP) is 4.43. The van der Waals surface area contributed by atoms with Gasteiger partial charge in [-0.1, -0.05) is 78.9 Å². The summed E-state index contributed by atoms with van der Waals surface area (Å²) in [5.74, 6) is -1.50. The van der Waals surface area contributed by atoms with E-state index in [0.29, 0.717) is 13.0 Å². The van der Waals surface area contributed by atoms with Crippen molar-refractivity contribution in [2.24, 2.45) is 5.92 Å². The fourth-order valence-electron chi connectivity index (χ4n) is 5.43. The zero-order valence-corrected chi connectivity index (χ0v) is 21.6. The predicted molar refractivity (Wildman–Crippen MR) is 145 cm³/mol. The van der Waals surface area contributed by atoms with Crippen molar-refractivity contribution in [3.8, 4) is 11.1 Å². The number of ether oxygens (including phenoxy) is 2. The Bertz CT molecular complexity index is 1280. The number of carboxylic acids is 1. The van der Waals surface area contributed by atoms with E-state index in [4.69, 9.17) is 14.6 Å². The lowest BCUT2D eigenvalue weighted by atomic mass is 9.98. The van der Waals surface area contributed by atoms with Crippen LogP contribution in [-0.2, 0) is 25.6 Å². The zero-order valence-electron chi connectivity index (χ0n) is 21.6. The lowest BCUT2D eigenvalue weighted by Gasteiger charge is -2.25. The Morgan fingerprint density at radius 2 is 1.56 bits per heavy atom. The van der Waals surface area contributed by atoms with Gasteiger partial charge in [-0.15, -0.1) is 0 Å². The third-order valence-corrected chi connectivity index (χ3v) is 7.37. The first kappa shape index (κ1) is 26.4. The van der Waals surface area contributed by atoms with Crippen LogP contribution in [0.25, 0.3) is 11.1 Å². The van der Waals surface area contributed by atoms with Crippen molar-refractivity contribution in [2.75, 3.05) is 26.3 Å². The molecule has 2 aliphatic rings. The maximum atomic E-state index is 13.2. The van der Waals surface area contributed by atoms with Crippen LogP contribution in [0, 0.1) is 5.92 Å². The first-order valence-corrected chi connectivity index (χ1v) is 13.2. The van der Waals surface area contributed by atoms with Gasteiger partial charge in [-0.3, -0.25) is 9.59 Å². The van der Waals surface area contributed by atoms with Crippen LogP contribution in [0.2, 0.25) is 0 Å². The molecule has 2 amide bonds. The second-order valence-corrected chi connectivity index (χ2v) is 9.98. The van der Waals surface area contributed by atoms with Gasteiger partial charge in [0.05, 0.1) is 25.0 Å². The Morgan fingerprint density at radius 3 is 2.23 bits per heavy atom. The number of aliphatic carboxylic acids is 1. The molecule has 0 spiro atoms. The largest absolute Gasteiger partial charge is 0.481 e. The molecule has 202 valence electrons. The van der Waals surface area contributed by atoms with Crippen LogP contribution < -0.4 is 5.32 Å². The molecule has 0 unspecified atom stereocenters. The Morgan fingerprint density at radius 1 is 0.923 bits per heavy atom. The van der Waals surface area contributed by atoms with Gasteiger partial charge in [0.2, 0.25) is 5.91 Å². The summed E-state index contributed by atoms with van der Waals surface area (Å²) in [6.07, 6.45) is -0.528. The molecular formula is C31H32N2O6. The number of fused-ring (bicyclic) bond motifs is 3. The number of amides is 2. The highest BCUT2D eigenvalue weighted by Crippen LogP contribution is 2.44. The maximum absolute atomic E-state index is 13.2. The van der Waals surface area contributed by atoms with Crippen LogP contribution in [0.15, 0.2) is 78.9 Å². The molecule has 0 saturated carbocycles. The van der Waals surface area contributed by atoms with E-state index < -0.39 is 18.0 Å². The number of nitrogens with zero attached hydrogens (tertiary/aromatic N) is 1. The van der Waals surface area contributed by atoms with Crippen molar-refractivity contribution in [2.45, 2.75) is 31.4 Å². The maximum Gasteiger partial charge on any atom is 0.407 e. The highest BCUT2D eigenvalue weighted by atomic mass is 16.5. The molecule has 0 aromatic heterocycles. The van der Waals surface area contributed by atoms with Crippen LogP contribution in [0.5, 0.6) is 0 Å². The SMILES string of the molecule is O=C(O)CCN(Cc1ccccc1)C(=O)[C@@H]1CO[C@H](CNC(=O)OCC2c3ccccc3-c3ccccc32)C1. The summed E-state index contributed by atoms with van der Waals surface area (Å²) in [5, 5.41) is 11.9. The molecule has 1 fully saturated rings. The highest BCUT2D eigenvalue weighted by Gasteiger charge is 2.34. The molecule has 0 radical (unpaired) electrons. The first-order valence-electron chi connectivity index (χ1n) is 13.2. The summed E-state index contributed by atoms with van der Waals surface area (Å²) < 4.78 is 11.4. The van der Waals surface area contributed by atoms with Crippen LogP contribution in [0.4, 0.5) is 4.79 Å². The summed E-state index contributed by atoms with van der Waals surface area (Å²) in [6.45, 7) is 1.15. The highest BCUT2D eigenvalue weighted by molar-refractivity contribution is 5.80. The molecule has 1 aliphatic carbocycles. The van der Waals surface area contributed by atoms with E-state index in [-0.39, 0.29) is 50.7 Å². The Kier molecular flexibility index (Phi) is 8.22. The Labute approximate surface area is 227 Å². The van der Waals surface area contributed by atoms with Crippen molar-refractivity contribution in [3.63, 3.8) is 0 Å². The molecule has 1 aliphatic heterocycles. The summed E-state index contributed by atoms with van der Waals surface area (Å²) in [6, 6.07) is 25.8. The minimum atomic E-state index is -0.950. The number of benzene rings is 3. The summed E-state index contributed by atoms with van der Waals surface area (Å²) in [4.78, 5) is 38.5. The van der Waals surface area contributed by atoms with Crippen molar-refractivity contribution >= 4 is 18.0 Å². The first-order chi connectivity index (χ1) is 19.0. The molecule has 0 bridgehead atoms. The van der Waals surface area contributed by atoms with E-state index in [2.05, 4.69) is 29.6 Å². The van der Waals surface area contributed by atoms with Gasteiger partial charge in [-0.05, 0) is 34.2 Å². The average molecular weight is 529 g/mol. The van der Waals surface area contributed by atoms with Gasteiger partial charge in [0, 0.05) is 25.6 Å². The van der Waals surface area contributed by atoms with Crippen molar-refractivity contribution in [3.05, 3.63) is 95.6 Å². The monoisotopic (exact) mass is 528 g/mol. The topological polar surface area (TPSA) is 105 Å². The lowest BCUT2D eigenvalue weighted by molar-refractivity contribution is -0.140. The molecule has 8 heteroatoms. The second kappa shape index (κ2) is 12.1. The van der Waals surface area contributed by atoms with Crippen molar-refractivity contribution in [1.29, 1.82) is 0 Å². The van der Waals surface area contributed by atoms with E-state index in [1.54, 1.807) is 4.90 Å². The average Bonchev–Trinajstić information content (AvgIpc) is 3.56. The van der Waals surface area contributed by atoms with Gasteiger partial charge in [0.25, 0.3) is 0 Å². The number of alkyl carbamates (subject to hydrolysis) is 1. The third kappa shape index (κ3) is 6.29. The summed E-state index contributed by atoms with van der Waals surface area (Å²) in [5.41, 5.74) is 5.57. The lowest BCUT2D eigenvalue weighted by Crippen LogP contribution is -2.38. The zero-order chi connectivity index (χ0) is 27.2. The molecular weight excluding hydrogens is 496 g/mol. The van der Waals surface area contributed by atoms with E-state index in [9.17, 15) is 14.4 Å². The molecule has 3 aromatic rings. The second-order valence-electron chi connectivity index (χ2n) is 9.98. The smallest absolute Gasteiger partial charge is 0.407 e. The van der Waals surface area contributed by atoms with Crippen LogP contribution in [0.3, 0.4) is 0 Å². The number of hydrogen-bond acceptors (Lipinski definition) is 5. The van der Waals surface area contributed by atoms with E-state index in [0.717, 1.165) is 16.7 Å². The fraction of sp³-hybridized carbons (Fsp3) is 0.323. The summed E-state index contributed by atoms with van der Waals surface area (Å²) >= 11 is 0. The molecule has 8 nitrogen and oxygen atoms in total. The minimum absolute atomic E-state index is 0.0192. The van der Waals surface area contributed by atoms with E-state index in [1.807, 2.05) is 54.6 Å². The molecule has 39 heavy (non-hydrogen) atoms. The van der Waals surface area contributed by atoms with Gasteiger partial charge in [-0.25, -0.2) is 4.79 Å². The van der Waals surface area contributed by atoms with Gasteiger partial charge >= 0.3 is 12.1 Å². The number of nitrogens with one attached hydrogen (secondary N) is 1. The molecule has 2 atom stereocenters. The van der Waals surface area contributed by atoms with Gasteiger partial charge in [0.1, 0.15) is 6.61 Å². The molecule has 3 aromatic carbocycles. The number of carboxylic acid groups (broad SMARTS) is 1. The Balaban J connectivity index is 1.11. The third-order valence-electron chi connectivity index (χ3n) is 7.37. The molecule has 1 saturated heterocycles. The molecule has 2 N–H and O–H groups in total. The van der Waals surface area contributed by atoms with Gasteiger partial charge in [-0.2, -0.15) is 0 Å². The van der Waals surface area contributed by atoms with Gasteiger partial charge in [0.15, 0.2) is 0 Å².